The summed E-state index contributed by atoms with van der Waals surface area (Å²) in [5.41, 5.74) is 0. The molecule has 152 valence electrons. The normalized spacial score (nSPS) is 37.3. The predicted octanol–water partition coefficient (Wildman–Crippen LogP) is 3.43. The molecule has 7 heteroatoms. The van der Waals surface area contributed by atoms with Crippen LogP contribution in [-0.4, -0.2) is 37.3 Å². The van der Waals surface area contributed by atoms with Crippen LogP contribution >= 0.6 is 11.6 Å². The smallest absolute Gasteiger partial charge is 0.245 e. The molecular weight excluding hydrogens is 396 g/mol. The maximum Gasteiger partial charge on any atom is 0.245 e. The van der Waals surface area contributed by atoms with Crippen molar-refractivity contribution in [1.82, 2.24) is 9.62 Å². The van der Waals surface area contributed by atoms with Crippen LogP contribution in [0.25, 0.3) is 0 Å². The van der Waals surface area contributed by atoms with E-state index in [1.807, 2.05) is 0 Å². The van der Waals surface area contributed by atoms with E-state index < -0.39 is 16.1 Å². The number of rotatable bonds is 4. The second kappa shape index (κ2) is 6.99. The van der Waals surface area contributed by atoms with Crippen molar-refractivity contribution >= 4 is 27.5 Å². The van der Waals surface area contributed by atoms with E-state index in [9.17, 15) is 13.2 Å². The number of carbonyl (C=O) groups is 1. The molecule has 4 bridgehead atoms. The third kappa shape index (κ3) is 3.08. The van der Waals surface area contributed by atoms with E-state index in [-0.39, 0.29) is 21.9 Å². The van der Waals surface area contributed by atoms with Gasteiger partial charge in [-0.15, -0.1) is 0 Å². The van der Waals surface area contributed by atoms with Gasteiger partial charge in [0.05, 0.1) is 5.02 Å². The Morgan fingerprint density at radius 3 is 2.32 bits per heavy atom. The van der Waals surface area contributed by atoms with Crippen LogP contribution in [0.1, 0.15) is 44.9 Å². The zero-order valence-corrected chi connectivity index (χ0v) is 17.5. The molecule has 1 N–H and O–H groups in total. The number of amides is 1. The van der Waals surface area contributed by atoms with Gasteiger partial charge in [0.15, 0.2) is 0 Å². The van der Waals surface area contributed by atoms with Gasteiger partial charge in [-0.05, 0) is 80.8 Å². The molecule has 0 radical (unpaired) electrons. The van der Waals surface area contributed by atoms with Crippen molar-refractivity contribution in [3.63, 3.8) is 0 Å². The number of benzene rings is 1. The zero-order chi connectivity index (χ0) is 19.5. The van der Waals surface area contributed by atoms with Crippen LogP contribution in [0, 0.1) is 23.7 Å². The molecule has 4 aliphatic carbocycles. The van der Waals surface area contributed by atoms with Crippen molar-refractivity contribution in [2.75, 3.05) is 6.54 Å². The minimum Gasteiger partial charge on any atom is -0.351 e. The van der Waals surface area contributed by atoms with Crippen LogP contribution in [0.3, 0.4) is 0 Å². The second-order valence-electron chi connectivity index (χ2n) is 9.17. The number of hydrogen-bond acceptors (Lipinski definition) is 3. The van der Waals surface area contributed by atoms with Crippen molar-refractivity contribution in [3.05, 3.63) is 29.3 Å². The number of nitrogens with one attached hydrogen (secondary N) is 1. The molecule has 1 unspecified atom stereocenters. The topological polar surface area (TPSA) is 66.5 Å². The predicted molar refractivity (Wildman–Crippen MR) is 107 cm³/mol. The quantitative estimate of drug-likeness (QED) is 0.808. The molecule has 1 aromatic carbocycles. The molecule has 4 saturated carbocycles. The highest BCUT2D eigenvalue weighted by molar-refractivity contribution is 7.89. The van der Waals surface area contributed by atoms with Crippen molar-refractivity contribution in [2.24, 2.45) is 23.7 Å². The van der Waals surface area contributed by atoms with Crippen LogP contribution in [0.2, 0.25) is 5.02 Å². The van der Waals surface area contributed by atoms with E-state index >= 15 is 0 Å². The Morgan fingerprint density at radius 1 is 1.04 bits per heavy atom. The standard InChI is InChI=1S/C21H27ClN2O3S/c22-17-4-1-2-6-19(17)28(26,27)24-7-3-5-18(24)21(25)23-20-15-9-13-8-14(11-15)12-16(20)10-13/h1-2,4,6,13-16,18,20H,3,5,7-12H2,(H,23,25). The summed E-state index contributed by atoms with van der Waals surface area (Å²) in [6.07, 6.45) is 7.55. The largest absolute Gasteiger partial charge is 0.351 e. The van der Waals surface area contributed by atoms with Crippen molar-refractivity contribution < 1.29 is 13.2 Å². The van der Waals surface area contributed by atoms with E-state index in [0.717, 1.165) is 11.8 Å². The molecule has 5 aliphatic rings. The molecule has 5 nitrogen and oxygen atoms in total. The van der Waals surface area contributed by atoms with Gasteiger partial charge >= 0.3 is 0 Å². The van der Waals surface area contributed by atoms with Crippen LogP contribution in [0.4, 0.5) is 0 Å². The number of carbonyl (C=O) groups excluding carboxylic acids is 1. The molecule has 0 spiro atoms. The van der Waals surface area contributed by atoms with Crippen molar-refractivity contribution in [2.45, 2.75) is 61.9 Å². The molecule has 1 saturated heterocycles. The lowest BCUT2D eigenvalue weighted by Gasteiger charge is -2.54. The molecule has 0 aromatic heterocycles. The van der Waals surface area contributed by atoms with E-state index in [1.54, 1.807) is 18.2 Å². The first kappa shape index (κ1) is 18.9. The Bertz CT molecular complexity index is 859. The highest BCUT2D eigenvalue weighted by Crippen LogP contribution is 2.53. The average molecular weight is 423 g/mol. The molecule has 1 amide bonds. The van der Waals surface area contributed by atoms with Gasteiger partial charge in [-0.25, -0.2) is 8.42 Å². The molecule has 28 heavy (non-hydrogen) atoms. The highest BCUT2D eigenvalue weighted by Gasteiger charge is 2.50. The SMILES string of the molecule is O=C(NC1C2CC3CC(C2)CC1C3)C1CCCN1S(=O)(=O)c1ccccc1Cl. The Kier molecular flexibility index (Phi) is 4.72. The summed E-state index contributed by atoms with van der Waals surface area (Å²) in [6.45, 7) is 0.368. The fraction of sp³-hybridized carbons (Fsp3) is 0.667. The summed E-state index contributed by atoms with van der Waals surface area (Å²) in [5.74, 6) is 2.73. The monoisotopic (exact) mass is 422 g/mol. The Balaban J connectivity index is 1.34. The van der Waals surface area contributed by atoms with Crippen LogP contribution in [0.15, 0.2) is 29.2 Å². The summed E-state index contributed by atoms with van der Waals surface area (Å²) in [4.78, 5) is 13.2. The third-order valence-corrected chi connectivity index (χ3v) is 9.87. The van der Waals surface area contributed by atoms with Gasteiger partial charge in [0, 0.05) is 12.6 Å². The minimum absolute atomic E-state index is 0.0889. The minimum atomic E-state index is -3.78. The fourth-order valence-electron chi connectivity index (χ4n) is 6.49. The molecule has 1 atom stereocenters. The number of nitrogens with zero attached hydrogens (tertiary/aromatic N) is 1. The van der Waals surface area contributed by atoms with Gasteiger partial charge in [0.2, 0.25) is 15.9 Å². The molecule has 1 heterocycles. The van der Waals surface area contributed by atoms with Gasteiger partial charge in [0.25, 0.3) is 0 Å². The summed E-state index contributed by atoms with van der Waals surface area (Å²) < 4.78 is 27.7. The molecule has 1 aromatic rings. The summed E-state index contributed by atoms with van der Waals surface area (Å²) in [7, 11) is -3.78. The molecular formula is C21H27ClN2O3S. The maximum absolute atomic E-state index is 13.2. The first-order valence-electron chi connectivity index (χ1n) is 10.5. The lowest BCUT2D eigenvalue weighted by Crippen LogP contribution is -2.58. The number of halogens is 1. The Hall–Kier alpha value is -1.11. The van der Waals surface area contributed by atoms with Gasteiger partial charge in [-0.3, -0.25) is 4.79 Å². The number of sulfonamides is 1. The van der Waals surface area contributed by atoms with Crippen LogP contribution < -0.4 is 5.32 Å². The van der Waals surface area contributed by atoms with Gasteiger partial charge in [0.1, 0.15) is 10.9 Å². The Labute approximate surface area is 171 Å². The van der Waals surface area contributed by atoms with Crippen molar-refractivity contribution in [3.8, 4) is 0 Å². The third-order valence-electron chi connectivity index (χ3n) is 7.47. The van der Waals surface area contributed by atoms with E-state index in [2.05, 4.69) is 5.32 Å². The van der Waals surface area contributed by atoms with Gasteiger partial charge < -0.3 is 5.32 Å². The highest BCUT2D eigenvalue weighted by atomic mass is 35.5. The van der Waals surface area contributed by atoms with Crippen LogP contribution in [-0.2, 0) is 14.8 Å². The van der Waals surface area contributed by atoms with E-state index in [0.29, 0.717) is 31.2 Å². The first-order chi connectivity index (χ1) is 13.4. The zero-order valence-electron chi connectivity index (χ0n) is 15.9. The first-order valence-corrected chi connectivity index (χ1v) is 12.3. The molecule has 6 rings (SSSR count). The van der Waals surface area contributed by atoms with E-state index in [1.165, 1.54) is 42.5 Å². The van der Waals surface area contributed by atoms with Gasteiger partial charge in [-0.1, -0.05) is 23.7 Å². The Morgan fingerprint density at radius 2 is 1.68 bits per heavy atom. The van der Waals surface area contributed by atoms with E-state index in [4.69, 9.17) is 11.6 Å². The van der Waals surface area contributed by atoms with Crippen molar-refractivity contribution in [1.29, 1.82) is 0 Å². The average Bonchev–Trinajstić information content (AvgIpc) is 3.15. The maximum atomic E-state index is 13.2. The molecule has 1 aliphatic heterocycles. The summed E-state index contributed by atoms with van der Waals surface area (Å²) >= 11 is 6.15. The fourth-order valence-corrected chi connectivity index (χ4v) is 8.64. The van der Waals surface area contributed by atoms with Gasteiger partial charge in [-0.2, -0.15) is 4.31 Å². The summed E-state index contributed by atoms with van der Waals surface area (Å²) in [6, 6.07) is 6.07. The number of hydrogen-bond donors (Lipinski definition) is 1. The second-order valence-corrected chi connectivity index (χ2v) is 11.4. The summed E-state index contributed by atoms with van der Waals surface area (Å²) in [5, 5.41) is 3.50. The van der Waals surface area contributed by atoms with Crippen LogP contribution in [0.5, 0.6) is 0 Å². The lowest BCUT2D eigenvalue weighted by molar-refractivity contribution is -0.128. The molecule has 5 fully saturated rings. The lowest BCUT2D eigenvalue weighted by atomic mass is 9.54.